The lowest BCUT2D eigenvalue weighted by Gasteiger charge is -2.41. The zero-order valence-corrected chi connectivity index (χ0v) is 58.9. The molecule has 0 aliphatic carbocycles. The second-order valence-corrected chi connectivity index (χ2v) is 27.3. The van der Waals surface area contributed by atoms with E-state index in [9.17, 15) is 43.2 Å². The van der Waals surface area contributed by atoms with E-state index in [1.54, 1.807) is 54.5 Å². The van der Waals surface area contributed by atoms with Crippen LogP contribution in [0.1, 0.15) is 170 Å². The van der Waals surface area contributed by atoms with Gasteiger partial charge in [-0.1, -0.05) is 101 Å². The van der Waals surface area contributed by atoms with Crippen LogP contribution >= 0.6 is 0 Å². The first kappa shape index (κ1) is 80.6. The van der Waals surface area contributed by atoms with Gasteiger partial charge in [-0.15, -0.1) is 6.58 Å². The smallest absolute Gasteiger partial charge is 0.246 e. The molecule has 12 atom stereocenters. The van der Waals surface area contributed by atoms with Gasteiger partial charge >= 0.3 is 0 Å². The van der Waals surface area contributed by atoms with Gasteiger partial charge in [0.1, 0.15) is 66.5 Å². The number of ether oxygens (including phenoxy) is 1. The fourth-order valence-electron chi connectivity index (χ4n) is 11.2. The molecule has 1 fully saturated rings. The molecule has 23 nitrogen and oxygen atoms in total. The lowest BCUT2D eigenvalue weighted by molar-refractivity contribution is -0.156. The van der Waals surface area contributed by atoms with Crippen LogP contribution in [0.15, 0.2) is 24.8 Å². The van der Waals surface area contributed by atoms with Crippen LogP contribution in [-0.2, 0) is 57.5 Å². The lowest BCUT2D eigenvalue weighted by Crippen LogP contribution is -2.62. The summed E-state index contributed by atoms with van der Waals surface area (Å²) in [6.07, 6.45) is 6.58. The maximum absolute atomic E-state index is 15.2. The molecule has 4 N–H and O–H groups in total. The van der Waals surface area contributed by atoms with Crippen LogP contribution in [-0.4, -0.2) is 227 Å². The molecule has 1 rings (SSSR count). The third-order valence-corrected chi connectivity index (χ3v) is 17.0. The molecule has 1 saturated heterocycles. The van der Waals surface area contributed by atoms with Crippen molar-refractivity contribution in [3.05, 3.63) is 24.8 Å². The van der Waals surface area contributed by atoms with E-state index in [-0.39, 0.29) is 68.8 Å². The molecule has 11 amide bonds. The van der Waals surface area contributed by atoms with Crippen molar-refractivity contribution in [3.8, 4) is 0 Å². The Morgan fingerprint density at radius 3 is 1.38 bits per heavy atom. The summed E-state index contributed by atoms with van der Waals surface area (Å²) < 4.78 is 6.07. The fraction of sp³-hybridized carbons (Fsp3) is 0.773. The Hall–Kier alpha value is -6.39. The zero-order chi connectivity index (χ0) is 69.0. The van der Waals surface area contributed by atoms with Gasteiger partial charge in [0.05, 0.1) is 12.2 Å². The highest BCUT2D eigenvalue weighted by Gasteiger charge is 2.45. The summed E-state index contributed by atoms with van der Waals surface area (Å²) in [6.45, 7) is 35.5. The number of likely N-dealkylation sites (N-methyl/N-ethyl adjacent to an activating group) is 7. The summed E-state index contributed by atoms with van der Waals surface area (Å²) >= 11 is 0. The van der Waals surface area contributed by atoms with Crippen molar-refractivity contribution in [2.75, 3.05) is 55.9 Å². The van der Waals surface area contributed by atoms with Crippen LogP contribution in [0, 0.1) is 35.5 Å². The van der Waals surface area contributed by atoms with Crippen molar-refractivity contribution in [2.45, 2.75) is 242 Å². The second kappa shape index (κ2) is 36.5. The Bertz CT molecular complexity index is 2460. The maximum Gasteiger partial charge on any atom is 0.246 e. The minimum Gasteiger partial charge on any atom is -0.371 e. The zero-order valence-electron chi connectivity index (χ0n) is 58.9. The van der Waals surface area contributed by atoms with Gasteiger partial charge in [-0.3, -0.25) is 52.7 Å². The minimum absolute atomic E-state index is 0.0765. The number of rotatable bonds is 18. The molecule has 0 spiro atoms. The van der Waals surface area contributed by atoms with Crippen molar-refractivity contribution in [1.29, 1.82) is 0 Å². The summed E-state index contributed by atoms with van der Waals surface area (Å²) in [5, 5.41) is 11.2. The topological polar surface area (TPSA) is 268 Å². The van der Waals surface area contributed by atoms with Crippen molar-refractivity contribution < 1.29 is 57.5 Å². The highest BCUT2D eigenvalue weighted by atomic mass is 16.5. The molecule has 0 saturated carbocycles. The molecule has 0 radical (unpaired) electrons. The number of hydrogen-bond acceptors (Lipinski definition) is 12. The maximum atomic E-state index is 15.2. The normalized spacial score (nSPS) is 26.8. The van der Waals surface area contributed by atoms with E-state index in [2.05, 4.69) is 27.8 Å². The number of carbonyl (C=O) groups excluding carboxylic acids is 11. The van der Waals surface area contributed by atoms with E-state index >= 15 is 9.59 Å². The van der Waals surface area contributed by atoms with Crippen LogP contribution in [0.5, 0.6) is 0 Å². The average Bonchev–Trinajstić information content (AvgIpc) is 1.66. The van der Waals surface area contributed by atoms with Crippen LogP contribution < -0.4 is 21.3 Å². The molecule has 0 unspecified atom stereocenters. The van der Waals surface area contributed by atoms with E-state index in [0.717, 1.165) is 0 Å². The SMILES string of the molecule is C=CCOC(C)(C)C[C@H]1C(=O)N[C@@H](C(C)C)C(=O)N(C)[C@@H](CC(C)C)C(=O)N[C@@H](C)C(=O)N[C@H](C)C(=O)N(C)[C@@H](CC(C)C)C(=O)N(C)[C@@H](CC(C)C)C(=O)N(C)[C@@H](C(C)C)C(=O)N(C)[C@@H](C[C@H](C)C/C=C/C)C(=O)N[C@@H](CC)C(=O)N(C)[C@H](C)C(=O)N1C. The van der Waals surface area contributed by atoms with Gasteiger partial charge < -0.3 is 60.3 Å². The van der Waals surface area contributed by atoms with E-state index in [0.29, 0.717) is 6.42 Å². The van der Waals surface area contributed by atoms with Crippen LogP contribution in [0.25, 0.3) is 0 Å². The minimum atomic E-state index is -1.30. The number of amides is 11. The third kappa shape index (κ3) is 23.1. The molecule has 0 bridgehead atoms. The summed E-state index contributed by atoms with van der Waals surface area (Å²) in [5.74, 6) is -8.67. The second-order valence-electron chi connectivity index (χ2n) is 27.3. The number of nitrogens with one attached hydrogen (secondary N) is 4. The predicted molar refractivity (Wildman–Crippen MR) is 347 cm³/mol. The van der Waals surface area contributed by atoms with Gasteiger partial charge in [-0.2, -0.15) is 0 Å². The highest BCUT2D eigenvalue weighted by molar-refractivity contribution is 6.00. The van der Waals surface area contributed by atoms with Crippen molar-refractivity contribution in [3.63, 3.8) is 0 Å². The Morgan fingerprint density at radius 1 is 0.483 bits per heavy atom. The van der Waals surface area contributed by atoms with Crippen molar-refractivity contribution in [2.24, 2.45) is 35.5 Å². The van der Waals surface area contributed by atoms with Crippen LogP contribution in [0.4, 0.5) is 0 Å². The predicted octanol–water partition coefficient (Wildman–Crippen LogP) is 5.01. The van der Waals surface area contributed by atoms with Gasteiger partial charge in [0.15, 0.2) is 0 Å². The number of carbonyl (C=O) groups is 11. The first-order chi connectivity index (χ1) is 41.1. The summed E-state index contributed by atoms with van der Waals surface area (Å²) in [7, 11) is 10.2. The summed E-state index contributed by atoms with van der Waals surface area (Å²) in [4.78, 5) is 171. The number of allylic oxidation sites excluding steroid dienone is 2. The number of nitrogens with zero attached hydrogens (tertiary/aromatic N) is 7. The molecular formula is C66H117N11O12. The van der Waals surface area contributed by atoms with E-state index < -0.39 is 149 Å². The van der Waals surface area contributed by atoms with Gasteiger partial charge in [0.2, 0.25) is 65.0 Å². The molecule has 1 aliphatic heterocycles. The van der Waals surface area contributed by atoms with Crippen LogP contribution in [0.3, 0.4) is 0 Å². The molecule has 508 valence electrons. The first-order valence-electron chi connectivity index (χ1n) is 32.0. The van der Waals surface area contributed by atoms with Crippen LogP contribution in [0.2, 0.25) is 0 Å². The van der Waals surface area contributed by atoms with Gasteiger partial charge in [-0.25, -0.2) is 0 Å². The van der Waals surface area contributed by atoms with Crippen molar-refractivity contribution >= 4 is 65.0 Å². The molecule has 0 aromatic heterocycles. The molecule has 89 heavy (non-hydrogen) atoms. The Balaban J connectivity index is 4.41. The van der Waals surface area contributed by atoms with Gasteiger partial charge in [0, 0.05) is 55.8 Å². The molecule has 1 heterocycles. The molecule has 1 aliphatic rings. The monoisotopic (exact) mass is 1260 g/mol. The molecular weight excluding hydrogens is 1140 g/mol. The molecule has 0 aromatic rings. The third-order valence-electron chi connectivity index (χ3n) is 17.0. The first-order valence-corrected chi connectivity index (χ1v) is 32.0. The highest BCUT2D eigenvalue weighted by Crippen LogP contribution is 2.27. The van der Waals surface area contributed by atoms with Crippen molar-refractivity contribution in [1.82, 2.24) is 55.6 Å². The lowest BCUT2D eigenvalue weighted by atomic mass is 9.93. The average molecular weight is 1260 g/mol. The van der Waals surface area contributed by atoms with Gasteiger partial charge in [-0.05, 0) is 116 Å². The Kier molecular flexibility index (Phi) is 33.0. The Morgan fingerprint density at radius 2 is 0.910 bits per heavy atom. The molecule has 23 heteroatoms. The van der Waals surface area contributed by atoms with E-state index in [1.165, 1.54) is 104 Å². The Labute approximate surface area is 533 Å². The van der Waals surface area contributed by atoms with E-state index in [1.807, 2.05) is 67.5 Å². The number of hydrogen-bond donors (Lipinski definition) is 4. The fourth-order valence-corrected chi connectivity index (χ4v) is 11.2. The largest absolute Gasteiger partial charge is 0.371 e. The summed E-state index contributed by atoms with van der Waals surface area (Å²) in [6, 6.07) is -13.1. The quantitative estimate of drug-likeness (QED) is 0.132. The van der Waals surface area contributed by atoms with E-state index in [4.69, 9.17) is 4.74 Å². The van der Waals surface area contributed by atoms with Gasteiger partial charge in [0.25, 0.3) is 0 Å². The summed E-state index contributed by atoms with van der Waals surface area (Å²) in [5.41, 5.74) is -1.06. The standard InChI is InChI=1S/C66H117N11O12/c1-27-30-31-43(14)36-49-57(80)69-47(29-3)61(84)71(20)46(17)60(83)76(25)52(37-66(18,19)89-32-28-2)58(81)70-53(41(10)11)64(87)72(21)48(33-38(4)5)56(79)67-44(15)55(78)68-45(16)59(82)74(23)50(34-39(6)7)62(85)75(24)51(35-40(8)9)63(86)77(26)54(42(12)13)65(88)73(49)22/h27-28,30,38-54H,2,29,31-37H2,1,3-26H3,(H,67,79)(H,68,78)(H,69,80)(H,70,81)/b30-27+/t43-,44+,45-,46-,47+,48+,49+,50+,51+,52+,53+,54+/m1/s1. The molecule has 0 aromatic carbocycles.